The van der Waals surface area contributed by atoms with E-state index in [4.69, 9.17) is 21.4 Å². The smallest absolute Gasteiger partial charge is 0.269 e. The molecule has 4 heterocycles. The molecule has 0 radical (unpaired) electrons. The Morgan fingerprint density at radius 3 is 2.42 bits per heavy atom. The number of aromatic nitrogens is 2. The Bertz CT molecular complexity index is 2940. The number of anilines is 2. The summed E-state index contributed by atoms with van der Waals surface area (Å²) in [4.78, 5) is 73.0. The number of nitrogens with zero attached hydrogens (tertiary/aromatic N) is 5. The largest absolute Gasteiger partial charge is 0.508 e. The van der Waals surface area contributed by atoms with E-state index in [1.54, 1.807) is 32.2 Å². The van der Waals surface area contributed by atoms with Crippen LogP contribution in [0.3, 0.4) is 0 Å². The average molecular weight is 868 g/mol. The Kier molecular flexibility index (Phi) is 9.23. The Morgan fingerprint density at radius 2 is 1.69 bits per heavy atom. The Morgan fingerprint density at radius 1 is 0.935 bits per heavy atom. The average Bonchev–Trinajstić information content (AvgIpc) is 3.93. The first-order valence-electron chi connectivity index (χ1n) is 20.2. The molecule has 62 heavy (non-hydrogen) atoms. The van der Waals surface area contributed by atoms with Gasteiger partial charge in [0.15, 0.2) is 0 Å². The molecule has 2 aromatic heterocycles. The molecule has 0 unspecified atom stereocenters. The van der Waals surface area contributed by atoms with Gasteiger partial charge in [0.25, 0.3) is 5.69 Å². The zero-order valence-corrected chi connectivity index (χ0v) is 35.2. The number of ether oxygens (including phenoxy) is 1. The summed E-state index contributed by atoms with van der Waals surface area (Å²) in [6, 6.07) is 27.2. The van der Waals surface area contributed by atoms with Crippen LogP contribution in [0.25, 0.3) is 20.7 Å². The lowest BCUT2D eigenvalue weighted by Crippen LogP contribution is -2.49. The van der Waals surface area contributed by atoms with Gasteiger partial charge in [0, 0.05) is 52.5 Å². The van der Waals surface area contributed by atoms with Gasteiger partial charge in [-0.1, -0.05) is 59.6 Å². The Balaban J connectivity index is 1.06. The highest BCUT2D eigenvalue weighted by molar-refractivity contribution is 7.22. The number of fused-ring (bicyclic) bond motifs is 5. The SMILES string of the molecule is Cc1c(-c2cc(N3C(=O)[C@@H]4C[C@@H]5C(=CC[C@@H]6C(=O)N(c7ccc([N+](=O)[O-])cc7)C(=O)[C@@H]65)[C@H](c5ccc(OCc6ccccc6)cc5O)[C@]4(C)C3=O)n(C)n2)sc2ccc(Cl)cc12. The fourth-order valence-electron chi connectivity index (χ4n) is 10.4. The first kappa shape index (κ1) is 39.5. The molecule has 15 heteroatoms. The van der Waals surface area contributed by atoms with Gasteiger partial charge in [-0.2, -0.15) is 5.10 Å². The molecule has 0 spiro atoms. The lowest BCUT2D eigenvalue weighted by Gasteiger charge is -2.49. The predicted octanol–water partition coefficient (Wildman–Crippen LogP) is 8.89. The number of carbonyl (C=O) groups is 4. The molecule has 4 aromatic carbocycles. The minimum Gasteiger partial charge on any atom is -0.508 e. The highest BCUT2D eigenvalue weighted by Crippen LogP contribution is 2.64. The normalized spacial score (nSPS) is 24.3. The number of hydrogen-bond acceptors (Lipinski definition) is 10. The zero-order valence-electron chi connectivity index (χ0n) is 33.7. The van der Waals surface area contributed by atoms with Crippen LogP contribution in [0.15, 0.2) is 109 Å². The van der Waals surface area contributed by atoms with Crippen molar-refractivity contribution in [1.82, 2.24) is 9.78 Å². The molecule has 2 saturated heterocycles. The molecule has 10 rings (SSSR count). The van der Waals surface area contributed by atoms with E-state index in [9.17, 15) is 24.8 Å². The summed E-state index contributed by atoms with van der Waals surface area (Å²) in [6.07, 6.45) is 2.17. The highest BCUT2D eigenvalue weighted by Gasteiger charge is 2.68. The van der Waals surface area contributed by atoms with Crippen LogP contribution in [0, 0.1) is 46.1 Å². The van der Waals surface area contributed by atoms with Crippen molar-refractivity contribution in [1.29, 1.82) is 0 Å². The van der Waals surface area contributed by atoms with Gasteiger partial charge in [0.2, 0.25) is 23.6 Å². The molecular weight excluding hydrogens is 830 g/mol. The van der Waals surface area contributed by atoms with Crippen molar-refractivity contribution in [2.45, 2.75) is 39.2 Å². The number of hydrogen-bond donors (Lipinski definition) is 1. The number of benzene rings is 4. The highest BCUT2D eigenvalue weighted by atomic mass is 35.5. The number of thiophene rings is 1. The maximum atomic E-state index is 15.3. The maximum absolute atomic E-state index is 15.3. The summed E-state index contributed by atoms with van der Waals surface area (Å²) in [6.45, 7) is 3.99. The number of halogens is 1. The summed E-state index contributed by atoms with van der Waals surface area (Å²) in [5.74, 6) is -5.47. The van der Waals surface area contributed by atoms with Crippen LogP contribution in [0.1, 0.15) is 42.4 Å². The second kappa shape index (κ2) is 14.5. The van der Waals surface area contributed by atoms with Crippen molar-refractivity contribution >= 4 is 73.8 Å². The van der Waals surface area contributed by atoms with Gasteiger partial charge < -0.3 is 9.84 Å². The molecule has 6 atom stereocenters. The molecule has 13 nitrogen and oxygen atoms in total. The van der Waals surface area contributed by atoms with Gasteiger partial charge in [0.1, 0.15) is 29.6 Å². The number of phenols is 1. The van der Waals surface area contributed by atoms with Gasteiger partial charge in [-0.15, -0.1) is 11.3 Å². The first-order chi connectivity index (χ1) is 29.8. The second-order valence-corrected chi connectivity index (χ2v) is 18.1. The fourth-order valence-corrected chi connectivity index (χ4v) is 11.7. The van der Waals surface area contributed by atoms with Crippen molar-refractivity contribution in [3.05, 3.63) is 141 Å². The molecular formula is C47H38ClN5O8S. The number of aryl methyl sites for hydroxylation is 2. The molecule has 1 N–H and O–H groups in total. The maximum Gasteiger partial charge on any atom is 0.269 e. The Labute approximate surface area is 363 Å². The lowest BCUT2D eigenvalue weighted by atomic mass is 9.51. The molecule has 2 aliphatic carbocycles. The second-order valence-electron chi connectivity index (χ2n) is 16.6. The topological polar surface area (TPSA) is 165 Å². The van der Waals surface area contributed by atoms with Crippen molar-refractivity contribution in [3.63, 3.8) is 0 Å². The molecule has 3 fully saturated rings. The third-order valence-corrected chi connectivity index (χ3v) is 14.9. The number of carbonyl (C=O) groups excluding carboxylic acids is 4. The van der Waals surface area contributed by atoms with E-state index in [0.717, 1.165) is 31.0 Å². The van der Waals surface area contributed by atoms with Crippen molar-refractivity contribution in [3.8, 4) is 22.1 Å². The van der Waals surface area contributed by atoms with Gasteiger partial charge >= 0.3 is 0 Å². The lowest BCUT2D eigenvalue weighted by molar-refractivity contribution is -0.384. The first-order valence-corrected chi connectivity index (χ1v) is 21.4. The van der Waals surface area contributed by atoms with Crippen molar-refractivity contribution in [2.75, 3.05) is 9.80 Å². The van der Waals surface area contributed by atoms with E-state index in [-0.39, 0.29) is 42.4 Å². The van der Waals surface area contributed by atoms with Crippen LogP contribution in [0.5, 0.6) is 11.5 Å². The van der Waals surface area contributed by atoms with Crippen LogP contribution in [-0.2, 0) is 32.8 Å². The van der Waals surface area contributed by atoms with Crippen LogP contribution in [0.4, 0.5) is 17.2 Å². The van der Waals surface area contributed by atoms with Gasteiger partial charge in [-0.05, 0) is 85.5 Å². The number of aromatic hydroxyl groups is 1. The van der Waals surface area contributed by atoms with E-state index >= 15 is 9.59 Å². The fraction of sp³-hybridized carbons (Fsp3) is 0.255. The summed E-state index contributed by atoms with van der Waals surface area (Å²) in [5.41, 5.74) is 2.15. The number of amides is 4. The third-order valence-electron chi connectivity index (χ3n) is 13.4. The summed E-state index contributed by atoms with van der Waals surface area (Å²) in [5, 5.41) is 29.7. The molecule has 2 aliphatic heterocycles. The predicted molar refractivity (Wildman–Crippen MR) is 233 cm³/mol. The van der Waals surface area contributed by atoms with E-state index < -0.39 is 63.6 Å². The summed E-state index contributed by atoms with van der Waals surface area (Å²) in [7, 11) is 1.68. The molecule has 6 aromatic rings. The summed E-state index contributed by atoms with van der Waals surface area (Å²) < 4.78 is 8.59. The molecule has 4 amide bonds. The molecule has 312 valence electrons. The van der Waals surface area contributed by atoms with E-state index in [1.807, 2.05) is 61.5 Å². The van der Waals surface area contributed by atoms with E-state index in [0.29, 0.717) is 27.6 Å². The van der Waals surface area contributed by atoms with Crippen LogP contribution >= 0.6 is 22.9 Å². The van der Waals surface area contributed by atoms with E-state index in [2.05, 4.69) is 0 Å². The van der Waals surface area contributed by atoms with Gasteiger partial charge in [-0.3, -0.25) is 38.9 Å². The number of phenolic OH excluding ortho intramolecular Hbond substituents is 1. The minimum atomic E-state index is -1.44. The zero-order chi connectivity index (χ0) is 43.4. The van der Waals surface area contributed by atoms with Gasteiger partial charge in [-0.25, -0.2) is 4.90 Å². The van der Waals surface area contributed by atoms with Crippen LogP contribution in [0.2, 0.25) is 5.02 Å². The van der Waals surface area contributed by atoms with E-state index in [1.165, 1.54) is 51.3 Å². The number of rotatable bonds is 8. The van der Waals surface area contributed by atoms with Gasteiger partial charge in [0.05, 0.1) is 38.7 Å². The molecule has 0 bridgehead atoms. The monoisotopic (exact) mass is 867 g/mol. The molecule has 4 aliphatic rings. The van der Waals surface area contributed by atoms with Crippen molar-refractivity contribution in [2.24, 2.45) is 36.1 Å². The van der Waals surface area contributed by atoms with Crippen LogP contribution < -0.4 is 14.5 Å². The third kappa shape index (κ3) is 5.91. The quantitative estimate of drug-likeness (QED) is 0.0681. The summed E-state index contributed by atoms with van der Waals surface area (Å²) >= 11 is 7.87. The number of imide groups is 2. The number of nitro groups is 1. The number of non-ortho nitro benzene ring substituents is 1. The Hall–Kier alpha value is -6.64. The standard InChI is InChI=1S/C47H38ClN5O8S/c1-24-33-19-26(48)9-18-38(33)62-42(24)36-22-39(50(3)49-36)52-44(56)35-21-34-30(16-17-32-40(34)45(57)51(43(32)55)27-10-12-28(13-11-27)53(59)60)41(47(35,2)46(52)58)31-15-14-29(20-37(31)54)61-23-25-7-5-4-6-8-25/h4-16,18-20,22,32,34-35,40-41,54H,17,21,23H2,1-3H3/t32-,34+,35-,40-,41+,47+/m0/s1. The minimum absolute atomic E-state index is 0.0914. The van der Waals surface area contributed by atoms with Crippen molar-refractivity contribution < 1.29 is 33.9 Å². The number of allylic oxidation sites excluding steroid dienone is 2. The molecule has 1 saturated carbocycles. The van der Waals surface area contributed by atoms with Crippen LogP contribution in [-0.4, -0.2) is 43.4 Å². The number of nitro benzene ring substituents is 1.